The summed E-state index contributed by atoms with van der Waals surface area (Å²) >= 11 is -1.16. The van der Waals surface area contributed by atoms with Crippen molar-refractivity contribution in [3.05, 3.63) is 147 Å². The van der Waals surface area contributed by atoms with Crippen LogP contribution in [0.25, 0.3) is 16.7 Å². The molecule has 1 atom stereocenters. The zero-order valence-electron chi connectivity index (χ0n) is 23.7. The SMILES string of the molecule is CCc1c(C)c(C2=CC=CC2)c2c(c1CC)-c1ccc(C)cc1[CH]2[Zr+2]=[C](c1ccccc1)c1ccccc1.[Cl-].[Cl-]. The zero-order valence-corrected chi connectivity index (χ0v) is 27.7. The summed E-state index contributed by atoms with van der Waals surface area (Å²) in [5.41, 5.74) is 18.2. The first-order chi connectivity index (χ1) is 18.6. The second-order valence-electron chi connectivity index (χ2n) is 10.6. The largest absolute Gasteiger partial charge is 1.00 e. The van der Waals surface area contributed by atoms with Crippen LogP contribution in [-0.4, -0.2) is 3.21 Å². The van der Waals surface area contributed by atoms with Gasteiger partial charge in [-0.2, -0.15) is 0 Å². The van der Waals surface area contributed by atoms with E-state index in [2.05, 4.69) is 125 Å². The number of rotatable bonds is 6. The van der Waals surface area contributed by atoms with Gasteiger partial charge in [-0.15, -0.1) is 0 Å². The number of hydrogen-bond acceptors (Lipinski definition) is 0. The smallest absolute Gasteiger partial charge is 1.00 e. The number of aryl methyl sites for hydroxylation is 1. The summed E-state index contributed by atoms with van der Waals surface area (Å²) in [7, 11) is 0. The van der Waals surface area contributed by atoms with E-state index in [9.17, 15) is 0 Å². The van der Waals surface area contributed by atoms with Gasteiger partial charge in [0.25, 0.3) is 0 Å². The Bertz CT molecular complexity index is 1570. The fourth-order valence-electron chi connectivity index (χ4n) is 6.67. The molecule has 0 N–H and O–H groups in total. The maximum absolute atomic E-state index is 2.51. The molecule has 3 heteroatoms. The van der Waals surface area contributed by atoms with Crippen molar-refractivity contribution >= 4 is 8.78 Å². The molecule has 0 nitrogen and oxygen atoms in total. The molecule has 4 aromatic carbocycles. The average Bonchev–Trinajstić information content (AvgIpc) is 3.58. The molecule has 0 bridgehead atoms. The van der Waals surface area contributed by atoms with Crippen LogP contribution < -0.4 is 24.8 Å². The van der Waals surface area contributed by atoms with Crippen LogP contribution in [0.15, 0.2) is 97.1 Å². The van der Waals surface area contributed by atoms with Crippen molar-refractivity contribution in [1.82, 2.24) is 0 Å². The van der Waals surface area contributed by atoms with Crippen LogP contribution in [0.2, 0.25) is 0 Å². The maximum Gasteiger partial charge on any atom is -1.00 e. The summed E-state index contributed by atoms with van der Waals surface area (Å²) in [4.78, 5) is 0. The van der Waals surface area contributed by atoms with Crippen molar-refractivity contribution in [2.45, 2.75) is 50.6 Å². The van der Waals surface area contributed by atoms with Crippen molar-refractivity contribution < 1.29 is 47.6 Å². The van der Waals surface area contributed by atoms with Crippen LogP contribution in [0.4, 0.5) is 0 Å². The van der Waals surface area contributed by atoms with Gasteiger partial charge in [-0.1, -0.05) is 0 Å². The van der Waals surface area contributed by atoms with Crippen LogP contribution in [0.3, 0.4) is 0 Å². The predicted molar refractivity (Wildman–Crippen MR) is 160 cm³/mol. The Balaban J connectivity index is 0.00000185. The Labute approximate surface area is 263 Å². The minimum absolute atomic E-state index is 0. The molecule has 0 saturated carbocycles. The molecule has 0 amide bonds. The number of fused-ring (bicyclic) bond motifs is 3. The summed E-state index contributed by atoms with van der Waals surface area (Å²) in [5.74, 6) is 0. The van der Waals surface area contributed by atoms with Crippen molar-refractivity contribution in [2.24, 2.45) is 0 Å². The van der Waals surface area contributed by atoms with Gasteiger partial charge in [-0.25, -0.2) is 0 Å². The van der Waals surface area contributed by atoms with E-state index < -0.39 is 22.8 Å². The van der Waals surface area contributed by atoms with E-state index in [0.29, 0.717) is 3.63 Å². The first-order valence-electron chi connectivity index (χ1n) is 14.0. The van der Waals surface area contributed by atoms with E-state index in [-0.39, 0.29) is 24.8 Å². The molecule has 4 aromatic rings. The van der Waals surface area contributed by atoms with Gasteiger partial charge in [-0.05, 0) is 0 Å². The normalized spacial score (nSPS) is 14.4. The fraction of sp³-hybridized carbons (Fsp3) is 0.216. The molecular weight excluding hydrogens is 607 g/mol. The average molecular weight is 642 g/mol. The van der Waals surface area contributed by atoms with Crippen LogP contribution in [0.1, 0.15) is 74.0 Å². The van der Waals surface area contributed by atoms with E-state index in [1.807, 2.05) is 0 Å². The quantitative estimate of drug-likeness (QED) is 0.304. The van der Waals surface area contributed by atoms with E-state index in [1.165, 1.54) is 33.4 Å². The molecule has 40 heavy (non-hydrogen) atoms. The Hall–Kier alpha value is -2.31. The van der Waals surface area contributed by atoms with Gasteiger partial charge in [0, 0.05) is 0 Å². The number of halogens is 2. The first kappa shape index (κ1) is 30.6. The van der Waals surface area contributed by atoms with E-state index >= 15 is 0 Å². The molecule has 0 heterocycles. The van der Waals surface area contributed by atoms with Gasteiger partial charge in [-0.3, -0.25) is 0 Å². The Morgan fingerprint density at radius 2 is 1.40 bits per heavy atom. The van der Waals surface area contributed by atoms with Crippen LogP contribution >= 0.6 is 0 Å². The van der Waals surface area contributed by atoms with Gasteiger partial charge < -0.3 is 24.8 Å². The molecule has 2 aliphatic carbocycles. The van der Waals surface area contributed by atoms with Gasteiger partial charge in [0.15, 0.2) is 0 Å². The molecule has 0 radical (unpaired) electrons. The van der Waals surface area contributed by atoms with Crippen LogP contribution in [0, 0.1) is 13.8 Å². The number of allylic oxidation sites excluding steroid dienone is 4. The summed E-state index contributed by atoms with van der Waals surface area (Å²) in [6.07, 6.45) is 10.2. The Morgan fingerprint density at radius 3 is 1.95 bits per heavy atom. The van der Waals surface area contributed by atoms with Crippen molar-refractivity contribution in [1.29, 1.82) is 0 Å². The standard InChI is InChI=1S/C24H25.C13H10.2ClH.Zr/c1-5-19-16(4)23(17-9-7-8-10-17)22-14-18-13-15(3)11-12-21(18)24(22)20(19)6-2;1-3-7-12(8-4-1)11-13-9-5-2-6-10-13;;;/h7-9,11-14H,5-6,10H2,1-4H3;1-10H;2*1H;/q;;;;+2/p-2. The van der Waals surface area contributed by atoms with Crippen molar-refractivity contribution in [3.8, 4) is 11.1 Å². The van der Waals surface area contributed by atoms with E-state index in [4.69, 9.17) is 0 Å². The van der Waals surface area contributed by atoms with Gasteiger partial charge in [0.05, 0.1) is 0 Å². The summed E-state index contributed by atoms with van der Waals surface area (Å²) in [6, 6.07) is 29.7. The first-order valence-corrected chi connectivity index (χ1v) is 16.7. The van der Waals surface area contributed by atoms with E-state index in [0.717, 1.165) is 19.3 Å². The minimum atomic E-state index is -1.16. The number of benzene rings is 4. The molecule has 1 unspecified atom stereocenters. The van der Waals surface area contributed by atoms with Crippen LogP contribution in [0.5, 0.6) is 0 Å². The summed E-state index contributed by atoms with van der Waals surface area (Å²) in [6.45, 7) is 9.37. The molecule has 0 spiro atoms. The van der Waals surface area contributed by atoms with Crippen molar-refractivity contribution in [3.63, 3.8) is 0 Å². The van der Waals surface area contributed by atoms with Gasteiger partial charge in [0.2, 0.25) is 0 Å². The van der Waals surface area contributed by atoms with Crippen molar-refractivity contribution in [2.75, 3.05) is 0 Å². The van der Waals surface area contributed by atoms with Gasteiger partial charge in [0.1, 0.15) is 0 Å². The topological polar surface area (TPSA) is 0 Å². The van der Waals surface area contributed by atoms with Gasteiger partial charge >= 0.3 is 240 Å². The number of hydrogen-bond donors (Lipinski definition) is 0. The molecular formula is C37H35Cl2Zr. The minimum Gasteiger partial charge on any atom is -1.00 e. The molecule has 0 aromatic heterocycles. The second kappa shape index (κ2) is 13.1. The molecule has 201 valence electrons. The third kappa shape index (κ3) is 5.34. The molecule has 6 rings (SSSR count). The monoisotopic (exact) mass is 639 g/mol. The van der Waals surface area contributed by atoms with Crippen LogP contribution in [-0.2, 0) is 35.6 Å². The molecule has 0 saturated heterocycles. The second-order valence-corrected chi connectivity index (χ2v) is 13.9. The summed E-state index contributed by atoms with van der Waals surface area (Å²) in [5, 5.41) is 0. The zero-order chi connectivity index (χ0) is 26.2. The third-order valence-corrected chi connectivity index (χ3v) is 12.6. The molecule has 0 aliphatic heterocycles. The Kier molecular flexibility index (Phi) is 10.1. The third-order valence-electron chi connectivity index (χ3n) is 8.32. The fourth-order valence-corrected chi connectivity index (χ4v) is 11.1. The predicted octanol–water partition coefficient (Wildman–Crippen LogP) is 3.20. The molecule has 2 aliphatic rings. The maximum atomic E-state index is 2.51. The van der Waals surface area contributed by atoms with E-state index in [1.54, 1.807) is 36.6 Å². The molecule has 0 fully saturated rings. The summed E-state index contributed by atoms with van der Waals surface area (Å²) < 4.78 is 2.09. The Morgan fingerprint density at radius 1 is 0.775 bits per heavy atom.